The Morgan fingerprint density at radius 3 is 1.06 bits per heavy atom. The monoisotopic (exact) mass is 1110 g/mol. The van der Waals surface area contributed by atoms with Crippen LogP contribution in [-0.4, -0.2) is 0 Å². The molecule has 17 rings (SSSR count). The number of furan rings is 1. The highest BCUT2D eigenvalue weighted by Crippen LogP contribution is 2.64. The summed E-state index contributed by atoms with van der Waals surface area (Å²) in [4.78, 5) is 0. The van der Waals surface area contributed by atoms with E-state index in [-0.39, 0.29) is 10.8 Å². The number of hydrogen-bond donors (Lipinski definition) is 0. The van der Waals surface area contributed by atoms with E-state index in [9.17, 15) is 0 Å². The maximum Gasteiger partial charge on any atom is 0.144 e. The Morgan fingerprint density at radius 2 is 0.621 bits per heavy atom. The van der Waals surface area contributed by atoms with E-state index in [1.54, 1.807) is 0 Å². The van der Waals surface area contributed by atoms with Crippen molar-refractivity contribution in [1.29, 1.82) is 0 Å². The van der Waals surface area contributed by atoms with Crippen LogP contribution in [0, 0.1) is 0 Å². The molecule has 0 aliphatic heterocycles. The molecular weight excluding hydrogens is 1050 g/mol. The highest BCUT2D eigenvalue weighted by atomic mass is 16.3. The van der Waals surface area contributed by atoms with Crippen LogP contribution in [-0.2, 0) is 16.2 Å². The Labute approximate surface area is 508 Å². The Morgan fingerprint density at radius 1 is 0.276 bits per heavy atom. The molecule has 0 radical (unpaired) electrons. The fourth-order valence-corrected chi connectivity index (χ4v) is 15.9. The number of hydrogen-bond acceptors (Lipinski definition) is 1. The molecule has 14 aromatic carbocycles. The lowest BCUT2D eigenvalue weighted by Crippen LogP contribution is -2.24. The van der Waals surface area contributed by atoms with Crippen molar-refractivity contribution in [3.63, 3.8) is 0 Å². The largest absolute Gasteiger partial charge is 0.455 e. The van der Waals surface area contributed by atoms with E-state index in [0.717, 1.165) is 16.6 Å². The summed E-state index contributed by atoms with van der Waals surface area (Å²) in [5.74, 6) is 0. The van der Waals surface area contributed by atoms with Crippen molar-refractivity contribution in [3.05, 3.63) is 289 Å². The van der Waals surface area contributed by atoms with Gasteiger partial charge in [-0.2, -0.15) is 0 Å². The summed E-state index contributed by atoms with van der Waals surface area (Å²) in [6, 6.07) is 98.0. The predicted octanol–water partition coefficient (Wildman–Crippen LogP) is 24.1. The fourth-order valence-electron chi connectivity index (χ4n) is 15.9. The zero-order valence-electron chi connectivity index (χ0n) is 50.2. The summed E-state index contributed by atoms with van der Waals surface area (Å²) in [6.07, 6.45) is 0. The molecule has 414 valence electrons. The average Bonchev–Trinajstić information content (AvgIpc) is 1.52. The summed E-state index contributed by atoms with van der Waals surface area (Å²) < 4.78 is 7.27. The van der Waals surface area contributed by atoms with E-state index in [1.165, 1.54) is 165 Å². The molecule has 0 amide bonds. The van der Waals surface area contributed by atoms with E-state index in [0.29, 0.717) is 0 Å². The first-order valence-corrected chi connectivity index (χ1v) is 30.9. The molecule has 1 heteroatoms. The Kier molecular flexibility index (Phi) is 11.0. The zero-order valence-corrected chi connectivity index (χ0v) is 50.2. The molecule has 0 atom stereocenters. The van der Waals surface area contributed by atoms with E-state index >= 15 is 0 Å². The van der Waals surface area contributed by atoms with Crippen LogP contribution in [0.3, 0.4) is 0 Å². The van der Waals surface area contributed by atoms with Gasteiger partial charge in [-0.25, -0.2) is 0 Å². The van der Waals surface area contributed by atoms with Crippen LogP contribution in [0.5, 0.6) is 0 Å². The third kappa shape index (κ3) is 7.52. The second kappa shape index (κ2) is 18.7. The van der Waals surface area contributed by atoms with Crippen molar-refractivity contribution in [1.82, 2.24) is 0 Å². The van der Waals surface area contributed by atoms with Crippen LogP contribution in [0.25, 0.3) is 154 Å². The maximum absolute atomic E-state index is 7.27. The minimum atomic E-state index is -0.398. The summed E-state index contributed by atoms with van der Waals surface area (Å²) in [7, 11) is 0. The summed E-state index contributed by atoms with van der Waals surface area (Å²) in [5, 5.41) is 12.4. The summed E-state index contributed by atoms with van der Waals surface area (Å²) in [5.41, 5.74) is 27.8. The van der Waals surface area contributed by atoms with Crippen LogP contribution >= 0.6 is 0 Å². The molecule has 1 aromatic heterocycles. The first-order chi connectivity index (χ1) is 42.3. The molecule has 1 nitrogen and oxygen atoms in total. The number of benzene rings is 14. The number of rotatable bonds is 6. The number of fused-ring (bicyclic) bond motifs is 16. The number of para-hydroxylation sites is 1. The Hall–Kier alpha value is -10.1. The first kappa shape index (κ1) is 51.3. The van der Waals surface area contributed by atoms with E-state index in [2.05, 4.69) is 309 Å². The summed E-state index contributed by atoms with van der Waals surface area (Å²) >= 11 is 0. The highest BCUT2D eigenvalue weighted by molar-refractivity contribution is 6.25. The maximum atomic E-state index is 7.27. The smallest absolute Gasteiger partial charge is 0.144 e. The average molecular weight is 1110 g/mol. The molecule has 0 unspecified atom stereocenters. The van der Waals surface area contributed by atoms with Crippen LogP contribution in [0.15, 0.2) is 265 Å². The summed E-state index contributed by atoms with van der Waals surface area (Å²) in [6.45, 7) is 16.8. The quantitative estimate of drug-likeness (QED) is 0.151. The van der Waals surface area contributed by atoms with Gasteiger partial charge in [0.1, 0.15) is 11.2 Å². The molecule has 1 heterocycles. The Bertz CT molecular complexity index is 5220. The molecule has 87 heavy (non-hydrogen) atoms. The van der Waals surface area contributed by atoms with Crippen molar-refractivity contribution < 1.29 is 4.42 Å². The molecule has 0 saturated heterocycles. The Balaban J connectivity index is 0.854. The highest BCUT2D eigenvalue weighted by Gasteiger charge is 2.49. The lowest BCUT2D eigenvalue weighted by molar-refractivity contribution is 0.590. The van der Waals surface area contributed by atoms with Gasteiger partial charge in [0.15, 0.2) is 0 Å². The second-order valence-electron chi connectivity index (χ2n) is 26.6. The molecule has 2 aliphatic carbocycles. The van der Waals surface area contributed by atoms with Crippen molar-refractivity contribution in [3.8, 4) is 89.0 Å². The molecule has 0 fully saturated rings. The van der Waals surface area contributed by atoms with Crippen molar-refractivity contribution in [2.75, 3.05) is 0 Å². The van der Waals surface area contributed by atoms with Gasteiger partial charge in [0.25, 0.3) is 0 Å². The van der Waals surface area contributed by atoms with E-state index in [1.807, 2.05) is 0 Å². The van der Waals surface area contributed by atoms with Crippen molar-refractivity contribution in [2.45, 2.75) is 64.7 Å². The van der Waals surface area contributed by atoms with Gasteiger partial charge in [-0.1, -0.05) is 273 Å². The molecule has 0 bridgehead atoms. The van der Waals surface area contributed by atoms with Crippen LogP contribution < -0.4 is 0 Å². The van der Waals surface area contributed by atoms with E-state index < -0.39 is 5.41 Å². The molecular formula is C86H64O. The third-order valence-electron chi connectivity index (χ3n) is 19.9. The fraction of sp³-hybridized carbons (Fsp3) is 0.116. The molecule has 2 aliphatic rings. The first-order valence-electron chi connectivity index (χ1n) is 30.9. The topological polar surface area (TPSA) is 13.1 Å². The van der Waals surface area contributed by atoms with Gasteiger partial charge in [0, 0.05) is 27.2 Å². The molecule has 0 N–H and O–H groups in total. The van der Waals surface area contributed by atoms with Crippen molar-refractivity contribution in [2.24, 2.45) is 0 Å². The minimum absolute atomic E-state index is 0.0695. The normalized spacial score (nSPS) is 13.9. The van der Waals surface area contributed by atoms with Crippen LogP contribution in [0.1, 0.15) is 76.3 Å². The minimum Gasteiger partial charge on any atom is -0.455 e. The molecule has 15 aromatic rings. The van der Waals surface area contributed by atoms with Crippen molar-refractivity contribution >= 4 is 65.0 Å². The zero-order chi connectivity index (χ0) is 58.7. The predicted molar refractivity (Wildman–Crippen MR) is 370 cm³/mol. The second-order valence-corrected chi connectivity index (χ2v) is 26.6. The van der Waals surface area contributed by atoms with Gasteiger partial charge in [0.05, 0.1) is 0 Å². The van der Waals surface area contributed by atoms with Gasteiger partial charge in [-0.3, -0.25) is 0 Å². The van der Waals surface area contributed by atoms with Gasteiger partial charge in [0.2, 0.25) is 0 Å². The van der Waals surface area contributed by atoms with Crippen LogP contribution in [0.4, 0.5) is 0 Å². The lowest BCUT2D eigenvalue weighted by atomic mass is 9.71. The van der Waals surface area contributed by atoms with Crippen LogP contribution in [0.2, 0.25) is 0 Å². The van der Waals surface area contributed by atoms with Gasteiger partial charge >= 0.3 is 0 Å². The molecule has 0 spiro atoms. The SMILES string of the molecule is CC(C)(C)c1ccc(-c2c3ccccc3c(-c3ccc4c(c3)C(C)(C)c3c5c(c6oc7ccccc7c6c3-4)-c3ccc(-c4c6ccccc6c(-c6cc(-c7ccccc7)cc(-c7ccccc7)c6)c6ccccc46)cc3C5(C)C)c3ccccc23)cc1. The van der Waals surface area contributed by atoms with Gasteiger partial charge < -0.3 is 4.42 Å². The standard InChI is InChI=1S/C86H64O/c1-84(2,3)59-42-38-53(39-43-59)74-60-28-14-16-30-62(60)75(63-31-17-15-29-61(63)74)54-40-44-68-71(49-54)85(4,5)81-78(68)79-70-36-22-23-37-73(70)87-83(79)80-69-45-41-55(50-72(69)86(6,7)82(80)81)76-64-32-18-20-34-66(64)77(67-35-21-19-33-65(67)76)58-47-56(51-24-10-8-11-25-51)46-57(48-58)52-26-12-9-13-27-52/h8-50H,1-7H3. The third-order valence-corrected chi connectivity index (χ3v) is 19.9. The van der Waals surface area contributed by atoms with Gasteiger partial charge in [-0.05, 0) is 196 Å². The van der Waals surface area contributed by atoms with E-state index in [4.69, 9.17) is 4.42 Å². The molecule has 0 saturated carbocycles. The lowest BCUT2D eigenvalue weighted by Gasteiger charge is -2.31. The van der Waals surface area contributed by atoms with Gasteiger partial charge in [-0.15, -0.1) is 0 Å².